The lowest BCUT2D eigenvalue weighted by molar-refractivity contribution is 0.0187. The molecule has 1 rings (SSSR count). The van der Waals surface area contributed by atoms with Crippen molar-refractivity contribution in [2.24, 2.45) is 0 Å². The molecule has 6 heteroatoms. The summed E-state index contributed by atoms with van der Waals surface area (Å²) in [5.41, 5.74) is 0.948. The fraction of sp³-hybridized carbons (Fsp3) is 0.750. The van der Waals surface area contributed by atoms with Gasteiger partial charge >= 0.3 is 0 Å². The van der Waals surface area contributed by atoms with Gasteiger partial charge in [0.05, 0.1) is 12.3 Å². The van der Waals surface area contributed by atoms with Crippen molar-refractivity contribution in [2.45, 2.75) is 39.3 Å². The molecule has 104 valence electrons. The highest BCUT2D eigenvalue weighted by atomic mass is 19.3. The molecule has 0 spiro atoms. The van der Waals surface area contributed by atoms with Crippen LogP contribution in [0, 0.1) is 0 Å². The summed E-state index contributed by atoms with van der Waals surface area (Å²) >= 11 is 0. The average Bonchev–Trinajstić information content (AvgIpc) is 2.81. The van der Waals surface area contributed by atoms with E-state index in [1.54, 1.807) is 0 Å². The standard InChI is InChI=1S/C12H21F2N3O/c1-3-10(2)17-6-4-11(16-17)8-15-5-7-18-9-12(13)14/h4,6,10,12,15H,3,5,7-9H2,1-2H3. The van der Waals surface area contributed by atoms with Crippen molar-refractivity contribution < 1.29 is 13.5 Å². The van der Waals surface area contributed by atoms with E-state index in [-0.39, 0.29) is 6.61 Å². The summed E-state index contributed by atoms with van der Waals surface area (Å²) in [7, 11) is 0. The van der Waals surface area contributed by atoms with Crippen LogP contribution in [-0.4, -0.2) is 36.0 Å². The maximum absolute atomic E-state index is 11.8. The van der Waals surface area contributed by atoms with Gasteiger partial charge in [-0.05, 0) is 19.4 Å². The summed E-state index contributed by atoms with van der Waals surface area (Å²) < 4.78 is 30.2. The summed E-state index contributed by atoms with van der Waals surface area (Å²) in [6, 6.07) is 2.35. The van der Waals surface area contributed by atoms with E-state index < -0.39 is 13.0 Å². The number of alkyl halides is 2. The molecule has 0 aliphatic heterocycles. The Morgan fingerprint density at radius 3 is 2.94 bits per heavy atom. The lowest BCUT2D eigenvalue weighted by atomic mass is 10.3. The number of nitrogens with one attached hydrogen (secondary N) is 1. The van der Waals surface area contributed by atoms with E-state index in [0.29, 0.717) is 19.1 Å². The number of aromatic nitrogens is 2. The Morgan fingerprint density at radius 1 is 1.50 bits per heavy atom. The highest BCUT2D eigenvalue weighted by Crippen LogP contribution is 2.08. The monoisotopic (exact) mass is 261 g/mol. The maximum atomic E-state index is 11.8. The second-order valence-electron chi connectivity index (χ2n) is 4.19. The van der Waals surface area contributed by atoms with Crippen LogP contribution < -0.4 is 5.32 Å². The molecule has 0 fully saturated rings. The zero-order valence-electron chi connectivity index (χ0n) is 10.9. The third-order valence-electron chi connectivity index (χ3n) is 2.68. The second kappa shape index (κ2) is 8.16. The van der Waals surface area contributed by atoms with Crippen LogP contribution in [0.4, 0.5) is 8.78 Å². The summed E-state index contributed by atoms with van der Waals surface area (Å²) in [5, 5.41) is 7.52. The number of hydrogen-bond acceptors (Lipinski definition) is 3. The molecule has 1 aromatic heterocycles. The zero-order chi connectivity index (χ0) is 13.4. The third kappa shape index (κ3) is 5.55. The van der Waals surface area contributed by atoms with Gasteiger partial charge in [0.15, 0.2) is 0 Å². The van der Waals surface area contributed by atoms with Gasteiger partial charge in [-0.2, -0.15) is 5.10 Å². The highest BCUT2D eigenvalue weighted by molar-refractivity contribution is 4.99. The van der Waals surface area contributed by atoms with Gasteiger partial charge in [0.2, 0.25) is 0 Å². The van der Waals surface area contributed by atoms with Gasteiger partial charge in [-0.15, -0.1) is 0 Å². The second-order valence-corrected chi connectivity index (χ2v) is 4.19. The van der Waals surface area contributed by atoms with Gasteiger partial charge in [0, 0.05) is 25.3 Å². The Morgan fingerprint density at radius 2 is 2.28 bits per heavy atom. The molecule has 4 nitrogen and oxygen atoms in total. The van der Waals surface area contributed by atoms with Crippen LogP contribution >= 0.6 is 0 Å². The van der Waals surface area contributed by atoms with Crippen molar-refractivity contribution in [2.75, 3.05) is 19.8 Å². The van der Waals surface area contributed by atoms with Crippen molar-refractivity contribution in [3.63, 3.8) is 0 Å². The summed E-state index contributed by atoms with van der Waals surface area (Å²) in [6.45, 7) is 5.19. The first-order chi connectivity index (χ1) is 8.63. The van der Waals surface area contributed by atoms with Crippen LogP contribution in [0.5, 0.6) is 0 Å². The van der Waals surface area contributed by atoms with Crippen molar-refractivity contribution in [3.8, 4) is 0 Å². The third-order valence-corrected chi connectivity index (χ3v) is 2.68. The number of ether oxygens (including phenoxy) is 1. The van der Waals surface area contributed by atoms with Gasteiger partial charge in [-0.25, -0.2) is 8.78 Å². The summed E-state index contributed by atoms with van der Waals surface area (Å²) in [6.07, 6.45) is 0.602. The lowest BCUT2D eigenvalue weighted by Crippen LogP contribution is -2.21. The Labute approximate surface area is 106 Å². The van der Waals surface area contributed by atoms with Crippen LogP contribution in [-0.2, 0) is 11.3 Å². The van der Waals surface area contributed by atoms with Gasteiger partial charge in [-0.3, -0.25) is 4.68 Å². The Hall–Kier alpha value is -1.01. The molecule has 0 aliphatic carbocycles. The maximum Gasteiger partial charge on any atom is 0.261 e. The number of nitrogens with zero attached hydrogens (tertiary/aromatic N) is 2. The van der Waals surface area contributed by atoms with E-state index in [1.807, 2.05) is 16.9 Å². The topological polar surface area (TPSA) is 39.1 Å². The zero-order valence-corrected chi connectivity index (χ0v) is 10.9. The van der Waals surface area contributed by atoms with E-state index in [0.717, 1.165) is 12.1 Å². The quantitative estimate of drug-likeness (QED) is 0.693. The summed E-state index contributed by atoms with van der Waals surface area (Å²) in [5.74, 6) is 0. The first-order valence-corrected chi connectivity index (χ1v) is 6.24. The predicted octanol–water partition coefficient (Wildman–Crippen LogP) is 2.23. The molecule has 1 atom stereocenters. The van der Waals surface area contributed by atoms with Crippen LogP contribution in [0.2, 0.25) is 0 Å². The van der Waals surface area contributed by atoms with Crippen LogP contribution in [0.3, 0.4) is 0 Å². The van der Waals surface area contributed by atoms with Crippen molar-refractivity contribution >= 4 is 0 Å². The van der Waals surface area contributed by atoms with Crippen molar-refractivity contribution in [3.05, 3.63) is 18.0 Å². The highest BCUT2D eigenvalue weighted by Gasteiger charge is 2.04. The Kier molecular flexibility index (Phi) is 6.82. The molecular weight excluding hydrogens is 240 g/mol. The smallest absolute Gasteiger partial charge is 0.261 e. The van der Waals surface area contributed by atoms with Gasteiger partial charge in [-0.1, -0.05) is 6.92 Å². The largest absolute Gasteiger partial charge is 0.374 e. The van der Waals surface area contributed by atoms with Gasteiger partial charge < -0.3 is 10.1 Å². The SMILES string of the molecule is CCC(C)n1ccc(CNCCOCC(F)F)n1. The molecule has 0 bridgehead atoms. The van der Waals surface area contributed by atoms with E-state index in [9.17, 15) is 8.78 Å². The lowest BCUT2D eigenvalue weighted by Gasteiger charge is -2.08. The first-order valence-electron chi connectivity index (χ1n) is 6.24. The molecular formula is C12H21F2N3O. The fourth-order valence-corrected chi connectivity index (χ4v) is 1.44. The average molecular weight is 261 g/mol. The number of rotatable bonds is 9. The molecule has 0 saturated carbocycles. The molecule has 1 heterocycles. The van der Waals surface area contributed by atoms with Gasteiger partial charge in [0.1, 0.15) is 6.61 Å². The molecule has 0 aliphatic rings. The molecule has 0 radical (unpaired) electrons. The number of hydrogen-bond donors (Lipinski definition) is 1. The summed E-state index contributed by atoms with van der Waals surface area (Å²) in [4.78, 5) is 0. The van der Waals surface area contributed by atoms with Crippen LogP contribution in [0.1, 0.15) is 32.0 Å². The van der Waals surface area contributed by atoms with Crippen LogP contribution in [0.15, 0.2) is 12.3 Å². The fourth-order valence-electron chi connectivity index (χ4n) is 1.44. The minimum atomic E-state index is -2.39. The molecule has 1 N–H and O–H groups in total. The molecule has 1 unspecified atom stereocenters. The minimum Gasteiger partial charge on any atom is -0.374 e. The van der Waals surface area contributed by atoms with E-state index in [2.05, 4.69) is 24.3 Å². The molecule has 0 amide bonds. The number of halogens is 2. The van der Waals surface area contributed by atoms with E-state index >= 15 is 0 Å². The van der Waals surface area contributed by atoms with Gasteiger partial charge in [0.25, 0.3) is 6.43 Å². The normalized spacial score (nSPS) is 13.2. The first kappa shape index (κ1) is 15.0. The molecule has 0 saturated heterocycles. The molecule has 1 aromatic rings. The van der Waals surface area contributed by atoms with E-state index in [1.165, 1.54) is 0 Å². The molecule has 0 aromatic carbocycles. The molecule has 18 heavy (non-hydrogen) atoms. The minimum absolute atomic E-state index is 0.288. The van der Waals surface area contributed by atoms with Crippen molar-refractivity contribution in [1.29, 1.82) is 0 Å². The van der Waals surface area contributed by atoms with Crippen LogP contribution in [0.25, 0.3) is 0 Å². The Balaban J connectivity index is 2.14. The Bertz CT molecular complexity index is 331. The van der Waals surface area contributed by atoms with Crippen molar-refractivity contribution in [1.82, 2.24) is 15.1 Å². The van der Waals surface area contributed by atoms with E-state index in [4.69, 9.17) is 4.74 Å². The predicted molar refractivity (Wildman–Crippen MR) is 65.8 cm³/mol.